The van der Waals surface area contributed by atoms with Crippen LogP contribution in [-0.2, 0) is 25.5 Å². The van der Waals surface area contributed by atoms with Gasteiger partial charge in [0.2, 0.25) is 0 Å². The summed E-state index contributed by atoms with van der Waals surface area (Å²) >= 11 is 0. The van der Waals surface area contributed by atoms with Crippen molar-refractivity contribution in [1.82, 2.24) is 0 Å². The number of Topliss-reactive ketones (excluding diaryl/α,β-unsaturated/α-hetero) is 2. The monoisotopic (exact) mass is 431 g/mol. The van der Waals surface area contributed by atoms with Crippen molar-refractivity contribution in [2.75, 3.05) is 27.9 Å². The molecule has 1 fully saturated rings. The Hall–Kier alpha value is -2.70. The predicted octanol–water partition coefficient (Wildman–Crippen LogP) is 3.46. The molecule has 7 heteroatoms. The standard InChI is InChI=1S/C24H33NO6/c1-7-8-17(26)20-16(14-24(2,3)21(22(20)27)23(28)31-6)25-12-11-15-9-10-18(29-4)19(13-15)30-5/h9-10,13,20-21H,7-8,11-12,14H2,1-6H3/t20-,21+/m0/s1. The minimum absolute atomic E-state index is 0.179. The van der Waals surface area contributed by atoms with Crippen molar-refractivity contribution in [2.24, 2.45) is 22.2 Å². The Morgan fingerprint density at radius 3 is 2.39 bits per heavy atom. The molecule has 0 heterocycles. The maximum atomic E-state index is 13.2. The molecule has 1 aromatic rings. The Kier molecular flexibility index (Phi) is 8.36. The number of carbonyl (C=O) groups excluding carboxylic acids is 3. The van der Waals surface area contributed by atoms with Gasteiger partial charge < -0.3 is 14.2 Å². The normalized spacial score (nSPS) is 21.6. The molecular weight excluding hydrogens is 398 g/mol. The molecule has 170 valence electrons. The summed E-state index contributed by atoms with van der Waals surface area (Å²) in [6.45, 7) is 6.00. The number of methoxy groups -OCH3 is 3. The SMILES string of the molecule is CCCC(=O)[C@H]1C(=O)[C@H](C(=O)OC)C(C)(C)CC1=NCCc1ccc(OC)c(OC)c1. The summed E-state index contributed by atoms with van der Waals surface area (Å²) in [7, 11) is 4.43. The van der Waals surface area contributed by atoms with Gasteiger partial charge >= 0.3 is 5.97 Å². The Morgan fingerprint density at radius 2 is 1.81 bits per heavy atom. The molecule has 0 aliphatic heterocycles. The van der Waals surface area contributed by atoms with Crippen molar-refractivity contribution in [2.45, 2.75) is 46.5 Å². The maximum absolute atomic E-state index is 13.2. The van der Waals surface area contributed by atoms with E-state index in [0.717, 1.165) is 5.56 Å². The summed E-state index contributed by atoms with van der Waals surface area (Å²) < 4.78 is 15.5. The molecule has 0 radical (unpaired) electrons. The second-order valence-corrected chi connectivity index (χ2v) is 8.49. The Morgan fingerprint density at radius 1 is 1.13 bits per heavy atom. The lowest BCUT2D eigenvalue weighted by Crippen LogP contribution is -2.52. The zero-order chi connectivity index (χ0) is 23.2. The van der Waals surface area contributed by atoms with Crippen LogP contribution in [-0.4, -0.2) is 51.1 Å². The number of aliphatic imine (C=N–C) groups is 1. The van der Waals surface area contributed by atoms with Gasteiger partial charge in [0.15, 0.2) is 17.3 Å². The Bertz CT molecular complexity index is 858. The van der Waals surface area contributed by atoms with Gasteiger partial charge in [0.05, 0.1) is 21.3 Å². The van der Waals surface area contributed by atoms with E-state index in [9.17, 15) is 14.4 Å². The highest BCUT2D eigenvalue weighted by Gasteiger charge is 2.52. The van der Waals surface area contributed by atoms with Gasteiger partial charge in [-0.3, -0.25) is 19.4 Å². The van der Waals surface area contributed by atoms with Crippen molar-refractivity contribution < 1.29 is 28.6 Å². The number of ketones is 2. The number of esters is 1. The van der Waals surface area contributed by atoms with Crippen molar-refractivity contribution in [3.63, 3.8) is 0 Å². The van der Waals surface area contributed by atoms with E-state index in [-0.39, 0.29) is 12.2 Å². The van der Waals surface area contributed by atoms with Crippen LogP contribution in [0.15, 0.2) is 23.2 Å². The van der Waals surface area contributed by atoms with Crippen molar-refractivity contribution in [3.8, 4) is 11.5 Å². The number of hydrogen-bond acceptors (Lipinski definition) is 7. The summed E-state index contributed by atoms with van der Waals surface area (Å²) in [5, 5.41) is 0. The topological polar surface area (TPSA) is 91.3 Å². The number of ether oxygens (including phenoxy) is 3. The first-order chi connectivity index (χ1) is 14.7. The van der Waals surface area contributed by atoms with Gasteiger partial charge in [-0.15, -0.1) is 0 Å². The van der Waals surface area contributed by atoms with E-state index in [4.69, 9.17) is 14.2 Å². The van der Waals surface area contributed by atoms with Crippen LogP contribution in [0.5, 0.6) is 11.5 Å². The molecule has 0 amide bonds. The lowest BCUT2D eigenvalue weighted by atomic mass is 9.62. The fraction of sp³-hybridized carbons (Fsp3) is 0.583. The molecule has 1 aliphatic rings. The Balaban J connectivity index is 2.29. The van der Waals surface area contributed by atoms with Crippen LogP contribution in [0.1, 0.15) is 45.6 Å². The van der Waals surface area contributed by atoms with E-state index in [0.29, 0.717) is 43.0 Å². The predicted molar refractivity (Wildman–Crippen MR) is 118 cm³/mol. The van der Waals surface area contributed by atoms with Gasteiger partial charge in [0.1, 0.15) is 17.6 Å². The number of nitrogens with zero attached hydrogens (tertiary/aromatic N) is 1. The molecular formula is C24H33NO6. The molecule has 1 aliphatic carbocycles. The smallest absolute Gasteiger partial charge is 0.316 e. The third-order valence-corrected chi connectivity index (χ3v) is 5.74. The molecule has 0 aromatic heterocycles. The van der Waals surface area contributed by atoms with Crippen molar-refractivity contribution in [1.29, 1.82) is 0 Å². The molecule has 0 saturated heterocycles. The van der Waals surface area contributed by atoms with Crippen LogP contribution in [0.25, 0.3) is 0 Å². The molecule has 0 bridgehead atoms. The highest BCUT2D eigenvalue weighted by Crippen LogP contribution is 2.41. The summed E-state index contributed by atoms with van der Waals surface area (Å²) in [5.41, 5.74) is 0.899. The molecule has 7 nitrogen and oxygen atoms in total. The van der Waals surface area contributed by atoms with Crippen molar-refractivity contribution >= 4 is 23.2 Å². The first-order valence-corrected chi connectivity index (χ1v) is 10.6. The summed E-state index contributed by atoms with van der Waals surface area (Å²) in [6, 6.07) is 5.66. The number of rotatable bonds is 9. The molecule has 0 spiro atoms. The van der Waals surface area contributed by atoms with Crippen LogP contribution in [0.4, 0.5) is 0 Å². The second kappa shape index (κ2) is 10.6. The van der Waals surface area contributed by atoms with Crippen molar-refractivity contribution in [3.05, 3.63) is 23.8 Å². The second-order valence-electron chi connectivity index (χ2n) is 8.49. The largest absolute Gasteiger partial charge is 0.493 e. The van der Waals surface area contributed by atoms with E-state index in [1.165, 1.54) is 7.11 Å². The van der Waals surface area contributed by atoms with E-state index in [1.807, 2.05) is 39.0 Å². The van der Waals surface area contributed by atoms with Gasteiger partial charge in [-0.2, -0.15) is 0 Å². The maximum Gasteiger partial charge on any atom is 0.316 e. The van der Waals surface area contributed by atoms with Gasteiger partial charge in [0, 0.05) is 18.7 Å². The van der Waals surface area contributed by atoms with Gasteiger partial charge in [-0.25, -0.2) is 0 Å². The first kappa shape index (κ1) is 24.6. The average molecular weight is 432 g/mol. The fourth-order valence-corrected chi connectivity index (χ4v) is 4.19. The van der Waals surface area contributed by atoms with Crippen LogP contribution in [0, 0.1) is 17.3 Å². The van der Waals surface area contributed by atoms with E-state index in [2.05, 4.69) is 4.99 Å². The minimum atomic E-state index is -0.970. The van der Waals surface area contributed by atoms with Crippen LogP contribution in [0.2, 0.25) is 0 Å². The molecule has 0 unspecified atom stereocenters. The van der Waals surface area contributed by atoms with Crippen LogP contribution in [0.3, 0.4) is 0 Å². The highest BCUT2D eigenvalue weighted by atomic mass is 16.5. The molecule has 31 heavy (non-hydrogen) atoms. The zero-order valence-corrected chi connectivity index (χ0v) is 19.3. The third kappa shape index (κ3) is 5.51. The summed E-state index contributed by atoms with van der Waals surface area (Å²) in [4.78, 5) is 43.0. The molecule has 2 atom stereocenters. The van der Waals surface area contributed by atoms with E-state index in [1.54, 1.807) is 14.2 Å². The quantitative estimate of drug-likeness (QED) is 0.439. The number of carbonyl (C=O) groups is 3. The lowest BCUT2D eigenvalue weighted by Gasteiger charge is -2.39. The molecule has 1 saturated carbocycles. The zero-order valence-electron chi connectivity index (χ0n) is 19.3. The first-order valence-electron chi connectivity index (χ1n) is 10.6. The van der Waals surface area contributed by atoms with E-state index < -0.39 is 29.0 Å². The summed E-state index contributed by atoms with van der Waals surface area (Å²) in [5.74, 6) is -1.81. The molecule has 1 aromatic carbocycles. The third-order valence-electron chi connectivity index (χ3n) is 5.74. The van der Waals surface area contributed by atoms with Crippen LogP contribution < -0.4 is 9.47 Å². The number of benzene rings is 1. The lowest BCUT2D eigenvalue weighted by molar-refractivity contribution is -0.156. The molecule has 0 N–H and O–H groups in total. The summed E-state index contributed by atoms with van der Waals surface area (Å²) in [6.07, 6.45) is 1.92. The van der Waals surface area contributed by atoms with Crippen LogP contribution >= 0.6 is 0 Å². The molecule has 2 rings (SSSR count). The van der Waals surface area contributed by atoms with E-state index >= 15 is 0 Å². The average Bonchev–Trinajstić information content (AvgIpc) is 2.72. The van der Waals surface area contributed by atoms with Gasteiger partial charge in [-0.1, -0.05) is 26.8 Å². The minimum Gasteiger partial charge on any atom is -0.493 e. The number of hydrogen-bond donors (Lipinski definition) is 0. The Labute approximate surface area is 184 Å². The highest BCUT2D eigenvalue weighted by molar-refractivity contribution is 6.26. The van der Waals surface area contributed by atoms with Gasteiger partial charge in [0.25, 0.3) is 0 Å². The van der Waals surface area contributed by atoms with Gasteiger partial charge in [-0.05, 0) is 42.4 Å². The fourth-order valence-electron chi connectivity index (χ4n) is 4.19.